The predicted molar refractivity (Wildman–Crippen MR) is 249 cm³/mol. The van der Waals surface area contributed by atoms with E-state index in [4.69, 9.17) is 20.9 Å². The summed E-state index contributed by atoms with van der Waals surface area (Å²) in [6.45, 7) is 14.3. The van der Waals surface area contributed by atoms with Gasteiger partial charge in [-0.3, -0.25) is 24.0 Å². The number of nitrogens with one attached hydrogen (secondary N) is 3. The van der Waals surface area contributed by atoms with Gasteiger partial charge in [-0.25, -0.2) is 13.6 Å². The van der Waals surface area contributed by atoms with Crippen molar-refractivity contribution < 1.29 is 52.1 Å². The molecule has 0 aliphatic rings. The number of ketones is 1. The molecule has 3 atom stereocenters. The zero-order valence-electron chi connectivity index (χ0n) is 39.5. The molecular weight excluding hydrogens is 873 g/mol. The molecule has 4 amide bonds. The smallest absolute Gasteiger partial charge is 0.407 e. The fraction of sp³-hybridized carbons (Fsp3) is 0.532. The van der Waals surface area contributed by atoms with Gasteiger partial charge in [-0.05, 0) is 68.0 Å². The topological polar surface area (TPSA) is 237 Å². The van der Waals surface area contributed by atoms with Gasteiger partial charge < -0.3 is 51.5 Å². The van der Waals surface area contributed by atoms with Crippen molar-refractivity contribution >= 4 is 43.6 Å². The third kappa shape index (κ3) is 18.1. The molecule has 0 aliphatic carbocycles. The summed E-state index contributed by atoms with van der Waals surface area (Å²) >= 11 is 0. The average molecular weight is 942 g/mol. The van der Waals surface area contributed by atoms with E-state index in [9.17, 15) is 38.3 Å². The van der Waals surface area contributed by atoms with E-state index in [1.165, 1.54) is 4.90 Å². The van der Waals surface area contributed by atoms with Crippen molar-refractivity contribution in [1.82, 2.24) is 25.4 Å². The number of carbonyl (C=O) groups excluding carboxylic acids is 6. The Morgan fingerprint density at radius 3 is 2.21 bits per heavy atom. The zero-order chi connectivity index (χ0) is 49.4. The number of benzene rings is 2. The monoisotopic (exact) mass is 941 g/mol. The summed E-state index contributed by atoms with van der Waals surface area (Å²) in [6, 6.07) is 11.9. The Morgan fingerprint density at radius 2 is 1.61 bits per heavy atom. The van der Waals surface area contributed by atoms with Gasteiger partial charge in [0.25, 0.3) is 0 Å². The molecule has 0 saturated heterocycles. The van der Waals surface area contributed by atoms with E-state index < -0.39 is 85.2 Å². The number of primary amides is 1. The van der Waals surface area contributed by atoms with Crippen molar-refractivity contribution in [1.29, 1.82) is 0 Å². The van der Waals surface area contributed by atoms with Gasteiger partial charge >= 0.3 is 12.1 Å². The maximum absolute atomic E-state index is 15.3. The van der Waals surface area contributed by atoms with Crippen LogP contribution in [0.25, 0.3) is 11.1 Å². The van der Waals surface area contributed by atoms with Crippen LogP contribution in [0.4, 0.5) is 13.6 Å². The molecule has 1 heterocycles. The SMILES string of the molecule is CC(C)(CC(=O)CN)OC(=O)CC[C@@H](NCCNC(=O)[C@H](CCN(C(=O)CO)[C@@H](c1cc(-c2cc(F)ccc2F)cn1Cc1ccccc1)C(C)(C)C)NC(=O)OCC[Si](C)(C)C)C(N)=O. The molecule has 0 unspecified atom stereocenters. The molecule has 0 spiro atoms. The normalized spacial score (nSPS) is 13.3. The Hall–Kier alpha value is -5.50. The highest BCUT2D eigenvalue weighted by atomic mass is 28.3. The number of hydrogen-bond acceptors (Lipinski definition) is 11. The lowest BCUT2D eigenvalue weighted by Gasteiger charge is -2.41. The lowest BCUT2D eigenvalue weighted by molar-refractivity contribution is -0.158. The molecule has 16 nitrogen and oxygen atoms in total. The van der Waals surface area contributed by atoms with Gasteiger partial charge in [-0.15, -0.1) is 0 Å². The van der Waals surface area contributed by atoms with Crippen molar-refractivity contribution in [3.63, 3.8) is 0 Å². The Balaban J connectivity index is 1.89. The van der Waals surface area contributed by atoms with E-state index in [2.05, 4.69) is 35.6 Å². The van der Waals surface area contributed by atoms with E-state index in [1.807, 2.05) is 55.7 Å². The Morgan fingerprint density at radius 1 is 0.924 bits per heavy atom. The summed E-state index contributed by atoms with van der Waals surface area (Å²) in [6.07, 6.45) is 0.380. The molecule has 8 N–H and O–H groups in total. The van der Waals surface area contributed by atoms with E-state index >= 15 is 4.39 Å². The van der Waals surface area contributed by atoms with E-state index in [0.29, 0.717) is 23.8 Å². The number of nitrogens with two attached hydrogens (primary N) is 2. The molecule has 2 aromatic carbocycles. The van der Waals surface area contributed by atoms with Crippen molar-refractivity contribution in [2.45, 2.75) is 116 Å². The van der Waals surface area contributed by atoms with Gasteiger partial charge in [0.15, 0.2) is 0 Å². The highest BCUT2D eigenvalue weighted by molar-refractivity contribution is 6.76. The number of aromatic nitrogens is 1. The summed E-state index contributed by atoms with van der Waals surface area (Å²) in [5.74, 6) is -4.30. The number of ether oxygens (including phenoxy) is 2. The lowest BCUT2D eigenvalue weighted by Crippen LogP contribution is -2.52. The number of rotatable bonds is 26. The second-order valence-corrected chi connectivity index (χ2v) is 24.9. The predicted octanol–water partition coefficient (Wildman–Crippen LogP) is 4.79. The average Bonchev–Trinajstić information content (AvgIpc) is 3.62. The molecule has 0 radical (unpaired) electrons. The van der Waals surface area contributed by atoms with Crippen molar-refractivity contribution in [2.75, 3.05) is 39.4 Å². The Kier molecular flexibility index (Phi) is 20.7. The van der Waals surface area contributed by atoms with Gasteiger partial charge in [0, 0.05) is 70.1 Å². The second-order valence-electron chi connectivity index (χ2n) is 19.2. The largest absolute Gasteiger partial charge is 0.459 e. The maximum atomic E-state index is 15.3. The van der Waals surface area contributed by atoms with Crippen LogP contribution in [0.1, 0.15) is 77.6 Å². The number of carbonyl (C=O) groups is 6. The van der Waals surface area contributed by atoms with Crippen LogP contribution in [-0.2, 0) is 40.0 Å². The number of aliphatic hydroxyl groups excluding tert-OH is 1. The van der Waals surface area contributed by atoms with E-state index in [1.54, 1.807) is 26.1 Å². The molecule has 1 aromatic heterocycles. The molecule has 3 aromatic rings. The number of alkyl carbamates (subject to hydrolysis) is 1. The molecule has 0 fully saturated rings. The molecule has 3 rings (SSSR count). The van der Waals surface area contributed by atoms with Crippen molar-refractivity contribution in [3.8, 4) is 11.1 Å². The minimum atomic E-state index is -1.60. The fourth-order valence-electron chi connectivity index (χ4n) is 7.38. The Bertz CT molecular complexity index is 2120. The number of amides is 4. The van der Waals surface area contributed by atoms with Crippen LogP contribution in [0.2, 0.25) is 25.7 Å². The number of nitrogens with zero attached hydrogens (tertiary/aromatic N) is 2. The van der Waals surface area contributed by atoms with E-state index in [-0.39, 0.29) is 69.8 Å². The number of halogens is 2. The van der Waals surface area contributed by atoms with Crippen LogP contribution in [0.15, 0.2) is 60.8 Å². The highest BCUT2D eigenvalue weighted by Gasteiger charge is 2.38. The zero-order valence-corrected chi connectivity index (χ0v) is 40.5. The summed E-state index contributed by atoms with van der Waals surface area (Å²) in [5, 5.41) is 18.6. The molecule has 0 saturated carbocycles. The van der Waals surface area contributed by atoms with Crippen LogP contribution in [0.3, 0.4) is 0 Å². The number of esters is 1. The van der Waals surface area contributed by atoms with Gasteiger partial charge in [0.2, 0.25) is 17.7 Å². The number of aliphatic hydroxyl groups is 1. The maximum Gasteiger partial charge on any atom is 0.407 e. The standard InChI is InChI=1S/C47H69F2N7O9Si/c1-46(2,3)42(39-24-32(35-25-33(48)14-15-36(35)49)29-55(39)28-31-12-10-9-11-13-31)56(40(59)30-57)21-18-38(54-45(63)64-22-23-66(6,7)8)44(62)53-20-19-52-37(43(51)61)16-17-41(60)65-47(4,5)26-34(58)27-50/h9-15,24-25,29,37-38,42,52,57H,16-23,26-28,30,50H2,1-8H3,(H2,51,61)(H,53,62)(H,54,63)/t37-,38+,42+/m1/s1. The van der Waals surface area contributed by atoms with Gasteiger partial charge in [-0.2, -0.15) is 0 Å². The van der Waals surface area contributed by atoms with Gasteiger partial charge in [0.05, 0.1) is 25.2 Å². The van der Waals surface area contributed by atoms with Gasteiger partial charge in [0.1, 0.15) is 35.7 Å². The minimum Gasteiger partial charge on any atom is -0.459 e. The first-order valence-electron chi connectivity index (χ1n) is 22.1. The summed E-state index contributed by atoms with van der Waals surface area (Å²) in [5.41, 5.74) is 10.9. The third-order valence-corrected chi connectivity index (χ3v) is 12.3. The first-order chi connectivity index (χ1) is 30.8. The lowest BCUT2D eigenvalue weighted by atomic mass is 9.82. The first kappa shape index (κ1) is 54.8. The van der Waals surface area contributed by atoms with Crippen molar-refractivity contribution in [3.05, 3.63) is 83.7 Å². The van der Waals surface area contributed by atoms with Crippen LogP contribution in [-0.4, -0.2) is 115 Å². The summed E-state index contributed by atoms with van der Waals surface area (Å²) in [4.78, 5) is 79.0. The second kappa shape index (κ2) is 24.9. The summed E-state index contributed by atoms with van der Waals surface area (Å²) in [7, 11) is -1.60. The van der Waals surface area contributed by atoms with Crippen LogP contribution >= 0.6 is 0 Å². The molecule has 364 valence electrons. The molecule has 66 heavy (non-hydrogen) atoms. The number of Topliss-reactive ketones (excluding diaryl/α,β-unsaturated/α-hetero) is 1. The molecular formula is C47H69F2N7O9Si. The van der Waals surface area contributed by atoms with Crippen LogP contribution in [0.5, 0.6) is 0 Å². The summed E-state index contributed by atoms with van der Waals surface area (Å²) < 4.78 is 42.5. The highest BCUT2D eigenvalue weighted by Crippen LogP contribution is 2.41. The number of hydrogen-bond donors (Lipinski definition) is 6. The molecule has 19 heteroatoms. The van der Waals surface area contributed by atoms with Crippen molar-refractivity contribution in [2.24, 2.45) is 16.9 Å². The first-order valence-corrected chi connectivity index (χ1v) is 25.8. The third-order valence-electron chi connectivity index (χ3n) is 10.6. The fourth-order valence-corrected chi connectivity index (χ4v) is 8.09. The quantitative estimate of drug-likeness (QED) is 0.0364. The Labute approximate surface area is 387 Å². The van der Waals surface area contributed by atoms with Crippen LogP contribution < -0.4 is 27.4 Å². The van der Waals surface area contributed by atoms with Crippen LogP contribution in [0, 0.1) is 17.0 Å². The minimum absolute atomic E-state index is 0.0142. The molecule has 0 bridgehead atoms. The molecule has 0 aliphatic heterocycles. The van der Waals surface area contributed by atoms with Gasteiger partial charge in [-0.1, -0.05) is 70.7 Å². The van der Waals surface area contributed by atoms with E-state index in [0.717, 1.165) is 23.8 Å².